The first-order valence-corrected chi connectivity index (χ1v) is 6.89. The van der Waals surface area contributed by atoms with Crippen LogP contribution in [0.15, 0.2) is 4.99 Å². The van der Waals surface area contributed by atoms with E-state index in [0.717, 1.165) is 38.6 Å². The molecule has 0 bridgehead atoms. The van der Waals surface area contributed by atoms with Crippen molar-refractivity contribution in [3.63, 3.8) is 0 Å². The van der Waals surface area contributed by atoms with E-state index in [1.807, 2.05) is 0 Å². The number of aliphatic imine (C=N–C) groups is 1. The van der Waals surface area contributed by atoms with Gasteiger partial charge < -0.3 is 0 Å². The van der Waals surface area contributed by atoms with Crippen molar-refractivity contribution in [2.24, 2.45) is 4.99 Å². The molecule has 2 nitrogen and oxygen atoms in total. The van der Waals surface area contributed by atoms with Gasteiger partial charge in [0.15, 0.2) is 0 Å². The van der Waals surface area contributed by atoms with Gasteiger partial charge in [0.1, 0.15) is 5.78 Å². The van der Waals surface area contributed by atoms with Crippen LogP contribution in [0, 0.1) is 0 Å². The summed E-state index contributed by atoms with van der Waals surface area (Å²) in [5.74, 6) is 0.478. The molecule has 0 aliphatic carbocycles. The third-order valence-corrected chi connectivity index (χ3v) is 3.16. The smallest absolute Gasteiger partial charge is 0.132 e. The highest BCUT2D eigenvalue weighted by Crippen LogP contribution is 2.10. The lowest BCUT2D eigenvalue weighted by atomic mass is 10.0. The molecule has 0 saturated heterocycles. The topological polar surface area (TPSA) is 29.4 Å². The van der Waals surface area contributed by atoms with Crippen LogP contribution in [0.2, 0.25) is 0 Å². The molecular weight excluding hydrogens is 198 g/mol. The van der Waals surface area contributed by atoms with E-state index in [1.54, 1.807) is 0 Å². The highest BCUT2D eigenvalue weighted by molar-refractivity contribution is 5.78. The number of rotatable bonds is 0. The molecule has 0 aromatic heterocycles. The van der Waals surface area contributed by atoms with Crippen molar-refractivity contribution < 1.29 is 4.79 Å². The van der Waals surface area contributed by atoms with E-state index in [0.29, 0.717) is 5.78 Å². The first-order valence-electron chi connectivity index (χ1n) is 6.89. The van der Waals surface area contributed by atoms with Gasteiger partial charge in [-0.15, -0.1) is 0 Å². The van der Waals surface area contributed by atoms with Crippen molar-refractivity contribution in [1.29, 1.82) is 0 Å². The lowest BCUT2D eigenvalue weighted by Gasteiger charge is -2.01. The molecule has 0 spiro atoms. The number of carbonyl (C=O) groups is 1. The van der Waals surface area contributed by atoms with E-state index < -0.39 is 0 Å². The molecule has 16 heavy (non-hydrogen) atoms. The van der Waals surface area contributed by atoms with Gasteiger partial charge in [-0.25, -0.2) is 0 Å². The lowest BCUT2D eigenvalue weighted by molar-refractivity contribution is -0.119. The summed E-state index contributed by atoms with van der Waals surface area (Å²) in [6.45, 7) is 0.980. The molecule has 0 amide bonds. The average Bonchev–Trinajstić information content (AvgIpc) is 2.29. The van der Waals surface area contributed by atoms with E-state index in [1.165, 1.54) is 38.5 Å². The first kappa shape index (κ1) is 13.4. The van der Waals surface area contributed by atoms with Crippen molar-refractivity contribution in [2.75, 3.05) is 6.54 Å². The van der Waals surface area contributed by atoms with Gasteiger partial charge in [0.25, 0.3) is 0 Å². The Morgan fingerprint density at radius 3 is 2.19 bits per heavy atom. The Hall–Kier alpha value is -0.660. The van der Waals surface area contributed by atoms with Crippen molar-refractivity contribution in [2.45, 2.75) is 70.6 Å². The predicted octanol–water partition coefficient (Wildman–Crippen LogP) is 3.93. The monoisotopic (exact) mass is 223 g/mol. The summed E-state index contributed by atoms with van der Waals surface area (Å²) in [6, 6.07) is 0. The standard InChI is InChI=1S/C14H25NO/c16-14-10-6-2-1-4-8-12-15-13-9-5-3-7-11-14/h12H,1-11,13H2/b15-12+. The molecule has 0 aromatic carbocycles. The number of Topliss-reactive ketones (excluding diaryl/α,β-unsaturated/α-hetero) is 1. The number of hydrogen-bond acceptors (Lipinski definition) is 2. The molecule has 1 aliphatic heterocycles. The van der Waals surface area contributed by atoms with Gasteiger partial charge in [-0.3, -0.25) is 9.79 Å². The maximum absolute atomic E-state index is 11.5. The minimum Gasteiger partial charge on any atom is -0.300 e. The van der Waals surface area contributed by atoms with Crippen LogP contribution >= 0.6 is 0 Å². The fourth-order valence-corrected chi connectivity index (χ4v) is 2.10. The van der Waals surface area contributed by atoms with Gasteiger partial charge in [0, 0.05) is 19.4 Å². The zero-order chi connectivity index (χ0) is 11.5. The molecule has 0 radical (unpaired) electrons. The second-order valence-corrected chi connectivity index (χ2v) is 4.74. The summed E-state index contributed by atoms with van der Waals surface area (Å²) in [5, 5.41) is 0. The van der Waals surface area contributed by atoms with Gasteiger partial charge in [-0.2, -0.15) is 0 Å². The molecule has 1 aliphatic rings. The second kappa shape index (κ2) is 9.56. The van der Waals surface area contributed by atoms with Crippen LogP contribution in [0.5, 0.6) is 0 Å². The van der Waals surface area contributed by atoms with Crippen LogP contribution < -0.4 is 0 Å². The summed E-state index contributed by atoms with van der Waals surface area (Å²) in [7, 11) is 0. The van der Waals surface area contributed by atoms with E-state index in [2.05, 4.69) is 11.2 Å². The first-order chi connectivity index (χ1) is 7.89. The predicted molar refractivity (Wildman–Crippen MR) is 69.2 cm³/mol. The van der Waals surface area contributed by atoms with Crippen molar-refractivity contribution >= 4 is 12.0 Å². The number of nitrogens with zero attached hydrogens (tertiary/aromatic N) is 1. The molecule has 0 N–H and O–H groups in total. The Morgan fingerprint density at radius 2 is 1.44 bits per heavy atom. The Kier molecular flexibility index (Phi) is 8.01. The SMILES string of the molecule is O=C1CCCCCC/C=N/CCCCCC1. The van der Waals surface area contributed by atoms with E-state index in [4.69, 9.17) is 0 Å². The summed E-state index contributed by atoms with van der Waals surface area (Å²) in [6.07, 6.45) is 14.3. The van der Waals surface area contributed by atoms with Crippen LogP contribution in [0.4, 0.5) is 0 Å². The summed E-state index contributed by atoms with van der Waals surface area (Å²) in [5.41, 5.74) is 0. The van der Waals surface area contributed by atoms with Crippen molar-refractivity contribution in [1.82, 2.24) is 0 Å². The molecule has 92 valence electrons. The molecule has 1 heterocycles. The van der Waals surface area contributed by atoms with Crippen LogP contribution in [0.1, 0.15) is 70.6 Å². The molecular formula is C14H25NO. The van der Waals surface area contributed by atoms with Gasteiger partial charge in [0.05, 0.1) is 0 Å². The molecule has 0 atom stereocenters. The Morgan fingerprint density at radius 1 is 0.812 bits per heavy atom. The molecule has 0 saturated carbocycles. The Balaban J connectivity index is 2.19. The number of ketones is 1. The minimum atomic E-state index is 0.478. The molecule has 0 aromatic rings. The maximum Gasteiger partial charge on any atom is 0.132 e. The fourth-order valence-electron chi connectivity index (χ4n) is 2.10. The van der Waals surface area contributed by atoms with Gasteiger partial charge in [-0.1, -0.05) is 25.7 Å². The van der Waals surface area contributed by atoms with E-state index >= 15 is 0 Å². The third-order valence-electron chi connectivity index (χ3n) is 3.16. The summed E-state index contributed by atoms with van der Waals surface area (Å²) in [4.78, 5) is 15.9. The molecule has 2 heteroatoms. The zero-order valence-electron chi connectivity index (χ0n) is 10.4. The Bertz CT molecular complexity index is 191. The lowest BCUT2D eigenvalue weighted by Crippen LogP contribution is -1.97. The quantitative estimate of drug-likeness (QED) is 0.612. The van der Waals surface area contributed by atoms with E-state index in [9.17, 15) is 4.79 Å². The highest BCUT2D eigenvalue weighted by atomic mass is 16.1. The average molecular weight is 223 g/mol. The zero-order valence-corrected chi connectivity index (χ0v) is 10.4. The van der Waals surface area contributed by atoms with Crippen LogP contribution in [-0.4, -0.2) is 18.5 Å². The normalized spacial score (nSPS) is 24.4. The maximum atomic E-state index is 11.5. The van der Waals surface area contributed by atoms with Gasteiger partial charge in [0.2, 0.25) is 0 Å². The molecule has 1 rings (SSSR count). The van der Waals surface area contributed by atoms with E-state index in [-0.39, 0.29) is 0 Å². The van der Waals surface area contributed by atoms with Gasteiger partial charge in [-0.05, 0) is 38.3 Å². The van der Waals surface area contributed by atoms with Crippen molar-refractivity contribution in [3.8, 4) is 0 Å². The van der Waals surface area contributed by atoms with Crippen molar-refractivity contribution in [3.05, 3.63) is 0 Å². The largest absolute Gasteiger partial charge is 0.300 e. The second-order valence-electron chi connectivity index (χ2n) is 4.74. The number of hydrogen-bond donors (Lipinski definition) is 0. The fraction of sp³-hybridized carbons (Fsp3) is 0.857. The van der Waals surface area contributed by atoms with Crippen LogP contribution in [0.25, 0.3) is 0 Å². The third kappa shape index (κ3) is 7.61. The summed E-state index contributed by atoms with van der Waals surface area (Å²) < 4.78 is 0. The van der Waals surface area contributed by atoms with Crippen LogP contribution in [0.3, 0.4) is 0 Å². The van der Waals surface area contributed by atoms with Gasteiger partial charge >= 0.3 is 0 Å². The number of carbonyl (C=O) groups excluding carboxylic acids is 1. The Labute approximate surface area is 99.5 Å². The summed E-state index contributed by atoms with van der Waals surface area (Å²) >= 11 is 0. The molecule has 0 unspecified atom stereocenters. The molecule has 0 fully saturated rings. The van der Waals surface area contributed by atoms with Crippen LogP contribution in [-0.2, 0) is 4.79 Å². The highest BCUT2D eigenvalue weighted by Gasteiger charge is 2.01. The minimum absolute atomic E-state index is 0.478.